The Bertz CT molecular complexity index is 1020. The summed E-state index contributed by atoms with van der Waals surface area (Å²) in [5, 5.41) is 3.31. The predicted octanol–water partition coefficient (Wildman–Crippen LogP) is 4.48. The van der Waals surface area contributed by atoms with Crippen molar-refractivity contribution >= 4 is 34.8 Å². The Labute approximate surface area is 168 Å². The van der Waals surface area contributed by atoms with Crippen molar-refractivity contribution in [3.8, 4) is 5.75 Å². The van der Waals surface area contributed by atoms with E-state index in [1.54, 1.807) is 30.5 Å². The Kier molecular flexibility index (Phi) is 5.12. The van der Waals surface area contributed by atoms with Gasteiger partial charge in [-0.05, 0) is 48.7 Å². The van der Waals surface area contributed by atoms with Crippen molar-refractivity contribution in [1.29, 1.82) is 0 Å². The van der Waals surface area contributed by atoms with Gasteiger partial charge < -0.3 is 15.0 Å². The third kappa shape index (κ3) is 3.64. The van der Waals surface area contributed by atoms with Gasteiger partial charge in [-0.3, -0.25) is 4.79 Å². The number of halogens is 1. The molecular formula is C21H19ClN4O2. The molecule has 0 radical (unpaired) electrons. The number of hydrogen-bond donors (Lipinski definition) is 1. The number of methoxy groups -OCH3 is 1. The molecule has 7 heteroatoms. The van der Waals surface area contributed by atoms with Gasteiger partial charge in [-0.2, -0.15) is 0 Å². The van der Waals surface area contributed by atoms with E-state index in [2.05, 4.69) is 32.3 Å². The Balaban J connectivity index is 1.61. The lowest BCUT2D eigenvalue weighted by Gasteiger charge is -2.29. The van der Waals surface area contributed by atoms with E-state index in [9.17, 15) is 4.79 Å². The maximum absolute atomic E-state index is 12.8. The molecule has 0 unspecified atom stereocenters. The fourth-order valence-corrected chi connectivity index (χ4v) is 3.48. The Hall–Kier alpha value is -3.12. The number of aryl methyl sites for hydroxylation is 1. The van der Waals surface area contributed by atoms with Crippen LogP contribution in [0.4, 0.5) is 17.3 Å². The van der Waals surface area contributed by atoms with Crippen molar-refractivity contribution in [3.63, 3.8) is 0 Å². The second-order valence-electron chi connectivity index (χ2n) is 6.42. The fraction of sp³-hybridized carbons (Fsp3) is 0.190. The molecule has 1 aromatic heterocycles. The van der Waals surface area contributed by atoms with Gasteiger partial charge in [-0.1, -0.05) is 29.8 Å². The zero-order valence-electron chi connectivity index (χ0n) is 15.4. The molecule has 0 spiro atoms. The van der Waals surface area contributed by atoms with Crippen LogP contribution in [0.3, 0.4) is 0 Å². The molecule has 0 aliphatic carbocycles. The molecule has 1 aliphatic rings. The first-order valence-corrected chi connectivity index (χ1v) is 9.37. The Morgan fingerprint density at radius 3 is 2.93 bits per heavy atom. The standard InChI is InChI=1S/C21H19ClN4O2/c1-28-19-9-8-15(22)13-17(19)24-20(27)16-10-11-23-21(25-16)26-12-4-6-14-5-2-3-7-18(14)26/h2-3,5,7-11,13H,4,6,12H2,1H3,(H,24,27). The summed E-state index contributed by atoms with van der Waals surface area (Å²) in [5.41, 5.74) is 3.11. The van der Waals surface area contributed by atoms with E-state index < -0.39 is 0 Å². The average molecular weight is 395 g/mol. The maximum Gasteiger partial charge on any atom is 0.274 e. The van der Waals surface area contributed by atoms with Crippen LogP contribution >= 0.6 is 11.6 Å². The van der Waals surface area contributed by atoms with E-state index in [1.807, 2.05) is 12.1 Å². The molecule has 142 valence electrons. The second-order valence-corrected chi connectivity index (χ2v) is 6.86. The number of benzene rings is 2. The quantitative estimate of drug-likeness (QED) is 0.706. The summed E-state index contributed by atoms with van der Waals surface area (Å²) in [6.45, 7) is 0.810. The van der Waals surface area contributed by atoms with Crippen LogP contribution in [0.15, 0.2) is 54.7 Å². The molecule has 1 N–H and O–H groups in total. The zero-order valence-corrected chi connectivity index (χ0v) is 16.1. The van der Waals surface area contributed by atoms with Gasteiger partial charge in [-0.15, -0.1) is 0 Å². The highest BCUT2D eigenvalue weighted by atomic mass is 35.5. The molecule has 0 fully saturated rings. The van der Waals surface area contributed by atoms with Crippen LogP contribution in [0, 0.1) is 0 Å². The largest absolute Gasteiger partial charge is 0.495 e. The van der Waals surface area contributed by atoms with Gasteiger partial charge in [0, 0.05) is 23.5 Å². The second kappa shape index (κ2) is 7.86. The van der Waals surface area contributed by atoms with E-state index in [4.69, 9.17) is 16.3 Å². The first kappa shape index (κ1) is 18.3. The summed E-state index contributed by atoms with van der Waals surface area (Å²) in [7, 11) is 1.54. The minimum atomic E-state index is -0.352. The summed E-state index contributed by atoms with van der Waals surface area (Å²) in [6.07, 6.45) is 3.64. The number of nitrogens with one attached hydrogen (secondary N) is 1. The number of nitrogens with zero attached hydrogens (tertiary/aromatic N) is 3. The van der Waals surface area contributed by atoms with Crippen LogP contribution in [0.5, 0.6) is 5.75 Å². The van der Waals surface area contributed by atoms with Gasteiger partial charge in [0.05, 0.1) is 12.8 Å². The molecular weight excluding hydrogens is 376 g/mol. The van der Waals surface area contributed by atoms with Crippen LogP contribution < -0.4 is 15.0 Å². The van der Waals surface area contributed by atoms with E-state index in [1.165, 1.54) is 12.7 Å². The number of aromatic nitrogens is 2. The number of rotatable bonds is 4. The van der Waals surface area contributed by atoms with Crippen LogP contribution in [-0.2, 0) is 6.42 Å². The van der Waals surface area contributed by atoms with Gasteiger partial charge in [0.1, 0.15) is 11.4 Å². The molecule has 1 aliphatic heterocycles. The molecule has 1 amide bonds. The highest BCUT2D eigenvalue weighted by Crippen LogP contribution is 2.31. The molecule has 4 rings (SSSR count). The van der Waals surface area contributed by atoms with Gasteiger partial charge in [0.2, 0.25) is 5.95 Å². The van der Waals surface area contributed by atoms with Crippen LogP contribution in [0.1, 0.15) is 22.5 Å². The molecule has 0 saturated carbocycles. The van der Waals surface area contributed by atoms with E-state index >= 15 is 0 Å². The van der Waals surface area contributed by atoms with Crippen LogP contribution in [0.2, 0.25) is 5.02 Å². The third-order valence-corrected chi connectivity index (χ3v) is 4.87. The van der Waals surface area contributed by atoms with Crippen molar-refractivity contribution in [2.45, 2.75) is 12.8 Å². The predicted molar refractivity (Wildman–Crippen MR) is 110 cm³/mol. The average Bonchev–Trinajstić information content (AvgIpc) is 2.73. The first-order chi connectivity index (χ1) is 13.7. The number of ether oxygens (including phenoxy) is 1. The number of anilines is 3. The lowest BCUT2D eigenvalue weighted by Crippen LogP contribution is -2.27. The molecule has 3 aromatic rings. The number of amides is 1. The third-order valence-electron chi connectivity index (χ3n) is 4.64. The topological polar surface area (TPSA) is 67.3 Å². The number of fused-ring (bicyclic) bond motifs is 1. The van der Waals surface area contributed by atoms with Crippen LogP contribution in [0.25, 0.3) is 0 Å². The summed E-state index contributed by atoms with van der Waals surface area (Å²) in [5.74, 6) is 0.685. The smallest absolute Gasteiger partial charge is 0.274 e. The minimum Gasteiger partial charge on any atom is -0.495 e. The minimum absolute atomic E-state index is 0.273. The normalized spacial score (nSPS) is 13.0. The molecule has 0 bridgehead atoms. The summed E-state index contributed by atoms with van der Waals surface area (Å²) in [4.78, 5) is 23.7. The lowest BCUT2D eigenvalue weighted by atomic mass is 10.0. The van der Waals surface area contributed by atoms with Gasteiger partial charge in [0.15, 0.2) is 0 Å². The Morgan fingerprint density at radius 2 is 2.07 bits per heavy atom. The molecule has 0 atom stereocenters. The number of carbonyl (C=O) groups excluding carboxylic acids is 1. The number of carbonyl (C=O) groups is 1. The molecule has 0 saturated heterocycles. The first-order valence-electron chi connectivity index (χ1n) is 8.99. The number of para-hydroxylation sites is 1. The highest BCUT2D eigenvalue weighted by molar-refractivity contribution is 6.31. The van der Waals surface area contributed by atoms with Crippen molar-refractivity contribution < 1.29 is 9.53 Å². The van der Waals surface area contributed by atoms with Crippen molar-refractivity contribution in [1.82, 2.24) is 9.97 Å². The van der Waals surface area contributed by atoms with E-state index in [0.717, 1.165) is 25.1 Å². The monoisotopic (exact) mass is 394 g/mol. The maximum atomic E-state index is 12.8. The van der Waals surface area contributed by atoms with E-state index in [0.29, 0.717) is 22.4 Å². The molecule has 2 heterocycles. The van der Waals surface area contributed by atoms with Gasteiger partial charge >= 0.3 is 0 Å². The van der Waals surface area contributed by atoms with Gasteiger partial charge in [0.25, 0.3) is 5.91 Å². The molecule has 6 nitrogen and oxygen atoms in total. The van der Waals surface area contributed by atoms with Gasteiger partial charge in [-0.25, -0.2) is 9.97 Å². The lowest BCUT2D eigenvalue weighted by molar-refractivity contribution is 0.102. The highest BCUT2D eigenvalue weighted by Gasteiger charge is 2.21. The fourth-order valence-electron chi connectivity index (χ4n) is 3.31. The molecule has 28 heavy (non-hydrogen) atoms. The summed E-state index contributed by atoms with van der Waals surface area (Å²) >= 11 is 6.04. The SMILES string of the molecule is COc1ccc(Cl)cc1NC(=O)c1ccnc(N2CCCc3ccccc32)n1. The van der Waals surface area contributed by atoms with Crippen molar-refractivity contribution in [2.24, 2.45) is 0 Å². The van der Waals surface area contributed by atoms with Crippen molar-refractivity contribution in [2.75, 3.05) is 23.9 Å². The van der Waals surface area contributed by atoms with E-state index in [-0.39, 0.29) is 11.6 Å². The summed E-state index contributed by atoms with van der Waals surface area (Å²) in [6, 6.07) is 14.8. The summed E-state index contributed by atoms with van der Waals surface area (Å²) < 4.78 is 5.28. The Morgan fingerprint density at radius 1 is 1.21 bits per heavy atom. The van der Waals surface area contributed by atoms with Crippen LogP contribution in [-0.4, -0.2) is 29.5 Å². The molecule has 2 aromatic carbocycles. The number of hydrogen-bond acceptors (Lipinski definition) is 5. The van der Waals surface area contributed by atoms with Crippen molar-refractivity contribution in [3.05, 3.63) is 71.0 Å². The zero-order chi connectivity index (χ0) is 19.5.